The van der Waals surface area contributed by atoms with Crippen LogP contribution >= 0.6 is 0 Å². The van der Waals surface area contributed by atoms with Crippen molar-refractivity contribution in [1.29, 1.82) is 0 Å². The lowest BCUT2D eigenvalue weighted by atomic mass is 9.89. The molecule has 1 aromatic heterocycles. The first kappa shape index (κ1) is 21.1. The largest absolute Gasteiger partial charge is 0.490 e. The standard InChI is InChI=1S/C23H23NO6/c1-5-29-18-12-15-11-17(22(25)27-3)21(23(26)28-4)20(14-7-9-24-10-8-14)16(15)13-19(18)30-6-2/h7-13H,5-6H2,1-4H3. The minimum Gasteiger partial charge on any atom is -0.490 e. The summed E-state index contributed by atoms with van der Waals surface area (Å²) in [5.41, 5.74) is 1.46. The van der Waals surface area contributed by atoms with Crippen LogP contribution in [-0.2, 0) is 9.47 Å². The van der Waals surface area contributed by atoms with E-state index in [9.17, 15) is 9.59 Å². The molecule has 0 spiro atoms. The maximum absolute atomic E-state index is 12.8. The normalized spacial score (nSPS) is 10.5. The van der Waals surface area contributed by atoms with Gasteiger partial charge in [-0.15, -0.1) is 0 Å². The number of carbonyl (C=O) groups excluding carboxylic acids is 2. The van der Waals surface area contributed by atoms with E-state index in [-0.39, 0.29) is 11.1 Å². The molecule has 1 heterocycles. The van der Waals surface area contributed by atoms with Gasteiger partial charge in [-0.2, -0.15) is 0 Å². The molecule has 0 aliphatic rings. The summed E-state index contributed by atoms with van der Waals surface area (Å²) in [6.07, 6.45) is 3.23. The number of nitrogens with zero attached hydrogens (tertiary/aromatic N) is 1. The van der Waals surface area contributed by atoms with Crippen LogP contribution in [0.3, 0.4) is 0 Å². The number of hydrogen-bond acceptors (Lipinski definition) is 7. The third-order valence-electron chi connectivity index (χ3n) is 4.57. The van der Waals surface area contributed by atoms with Crippen LogP contribution in [0.25, 0.3) is 21.9 Å². The van der Waals surface area contributed by atoms with Crippen molar-refractivity contribution in [3.63, 3.8) is 0 Å². The fraction of sp³-hybridized carbons (Fsp3) is 0.261. The molecule has 0 N–H and O–H groups in total. The second kappa shape index (κ2) is 9.26. The highest BCUT2D eigenvalue weighted by Gasteiger charge is 2.27. The molecule has 7 nitrogen and oxygen atoms in total. The van der Waals surface area contributed by atoms with Crippen LogP contribution < -0.4 is 9.47 Å². The molecule has 0 saturated carbocycles. The van der Waals surface area contributed by atoms with Gasteiger partial charge < -0.3 is 18.9 Å². The van der Waals surface area contributed by atoms with Crippen molar-refractivity contribution in [1.82, 2.24) is 4.98 Å². The molecule has 3 aromatic rings. The molecule has 0 saturated heterocycles. The Hall–Kier alpha value is -3.61. The van der Waals surface area contributed by atoms with Gasteiger partial charge in [-0.25, -0.2) is 9.59 Å². The zero-order chi connectivity index (χ0) is 21.7. The van der Waals surface area contributed by atoms with E-state index in [0.717, 1.165) is 0 Å². The Morgan fingerprint density at radius 2 is 1.47 bits per heavy atom. The van der Waals surface area contributed by atoms with Crippen molar-refractivity contribution in [3.05, 3.63) is 53.9 Å². The Morgan fingerprint density at radius 3 is 2.03 bits per heavy atom. The van der Waals surface area contributed by atoms with Gasteiger partial charge in [0, 0.05) is 18.0 Å². The van der Waals surface area contributed by atoms with Crippen molar-refractivity contribution in [2.75, 3.05) is 27.4 Å². The fourth-order valence-corrected chi connectivity index (χ4v) is 3.35. The third-order valence-corrected chi connectivity index (χ3v) is 4.57. The Kier molecular flexibility index (Phi) is 6.51. The molecule has 0 unspecified atom stereocenters. The number of methoxy groups -OCH3 is 2. The quantitative estimate of drug-likeness (QED) is 0.539. The van der Waals surface area contributed by atoms with E-state index in [2.05, 4.69) is 4.98 Å². The predicted molar refractivity (Wildman–Crippen MR) is 112 cm³/mol. The average molecular weight is 409 g/mol. The van der Waals surface area contributed by atoms with Gasteiger partial charge in [0.2, 0.25) is 0 Å². The molecule has 0 radical (unpaired) electrons. The molecule has 0 aliphatic carbocycles. The molecule has 0 fully saturated rings. The smallest absolute Gasteiger partial charge is 0.339 e. The van der Waals surface area contributed by atoms with Crippen LogP contribution in [0.4, 0.5) is 0 Å². The van der Waals surface area contributed by atoms with Crippen LogP contribution in [0.1, 0.15) is 34.6 Å². The summed E-state index contributed by atoms with van der Waals surface area (Å²) in [5, 5.41) is 1.41. The number of rotatable bonds is 7. The Bertz CT molecular complexity index is 1080. The highest BCUT2D eigenvalue weighted by Crippen LogP contribution is 2.41. The second-order valence-corrected chi connectivity index (χ2v) is 6.28. The Morgan fingerprint density at radius 1 is 0.867 bits per heavy atom. The van der Waals surface area contributed by atoms with E-state index in [1.165, 1.54) is 14.2 Å². The number of fused-ring (bicyclic) bond motifs is 1. The lowest BCUT2D eigenvalue weighted by molar-refractivity contribution is 0.0556. The van der Waals surface area contributed by atoms with E-state index in [4.69, 9.17) is 18.9 Å². The number of hydrogen-bond donors (Lipinski definition) is 0. The zero-order valence-corrected chi connectivity index (χ0v) is 17.4. The number of benzene rings is 2. The molecule has 0 aliphatic heterocycles. The van der Waals surface area contributed by atoms with Crippen LogP contribution in [0.2, 0.25) is 0 Å². The summed E-state index contributed by atoms with van der Waals surface area (Å²) in [6.45, 7) is 4.65. The van der Waals surface area contributed by atoms with Gasteiger partial charge in [0.25, 0.3) is 0 Å². The Balaban J connectivity index is 2.49. The lowest BCUT2D eigenvalue weighted by Gasteiger charge is -2.18. The molecule has 7 heteroatoms. The first-order chi connectivity index (χ1) is 14.5. The number of carbonyl (C=O) groups is 2. The highest BCUT2D eigenvalue weighted by atomic mass is 16.5. The number of pyridine rings is 1. The average Bonchev–Trinajstić information content (AvgIpc) is 2.78. The first-order valence-electron chi connectivity index (χ1n) is 9.53. The minimum atomic E-state index is -0.643. The predicted octanol–water partition coefficient (Wildman–Crippen LogP) is 4.27. The molecule has 2 aromatic carbocycles. The summed E-state index contributed by atoms with van der Waals surface area (Å²) in [6, 6.07) is 8.74. The molecule has 156 valence electrons. The van der Waals surface area contributed by atoms with Crippen molar-refractivity contribution in [3.8, 4) is 22.6 Å². The van der Waals surface area contributed by atoms with Crippen molar-refractivity contribution >= 4 is 22.7 Å². The van der Waals surface area contributed by atoms with Crippen molar-refractivity contribution < 1.29 is 28.5 Å². The SMILES string of the molecule is CCOc1cc2cc(C(=O)OC)c(C(=O)OC)c(-c3ccncc3)c2cc1OCC. The lowest BCUT2D eigenvalue weighted by Crippen LogP contribution is -2.14. The Labute approximate surface area is 174 Å². The van der Waals surface area contributed by atoms with E-state index in [1.54, 1.807) is 36.7 Å². The molecule has 3 rings (SSSR count). The van der Waals surface area contributed by atoms with E-state index >= 15 is 0 Å². The van der Waals surface area contributed by atoms with Gasteiger partial charge >= 0.3 is 11.9 Å². The summed E-state index contributed by atoms with van der Waals surface area (Å²) in [7, 11) is 2.54. The monoisotopic (exact) mass is 409 g/mol. The minimum absolute atomic E-state index is 0.107. The van der Waals surface area contributed by atoms with Gasteiger partial charge in [-0.3, -0.25) is 4.98 Å². The van der Waals surface area contributed by atoms with Crippen molar-refractivity contribution in [2.45, 2.75) is 13.8 Å². The van der Waals surface area contributed by atoms with Crippen LogP contribution in [0, 0.1) is 0 Å². The number of esters is 2. The van der Waals surface area contributed by atoms with Gasteiger partial charge in [0.05, 0.1) is 38.6 Å². The molecular formula is C23H23NO6. The number of aromatic nitrogens is 1. The van der Waals surface area contributed by atoms with Crippen LogP contribution in [-0.4, -0.2) is 44.4 Å². The van der Waals surface area contributed by atoms with Gasteiger partial charge in [0.1, 0.15) is 0 Å². The van der Waals surface area contributed by atoms with Crippen molar-refractivity contribution in [2.24, 2.45) is 0 Å². The summed E-state index contributed by atoms with van der Waals surface area (Å²) in [5.74, 6) is -0.187. The summed E-state index contributed by atoms with van der Waals surface area (Å²) in [4.78, 5) is 29.4. The summed E-state index contributed by atoms with van der Waals surface area (Å²) < 4.78 is 21.4. The fourth-order valence-electron chi connectivity index (χ4n) is 3.35. The first-order valence-corrected chi connectivity index (χ1v) is 9.53. The van der Waals surface area contributed by atoms with Gasteiger partial charge in [0.15, 0.2) is 11.5 Å². The zero-order valence-electron chi connectivity index (χ0n) is 17.4. The topological polar surface area (TPSA) is 84.0 Å². The highest BCUT2D eigenvalue weighted by molar-refractivity contribution is 6.15. The third kappa shape index (κ3) is 3.91. The molecule has 0 amide bonds. The summed E-state index contributed by atoms with van der Waals surface area (Å²) >= 11 is 0. The molecule has 0 atom stereocenters. The van der Waals surface area contributed by atoms with E-state index < -0.39 is 11.9 Å². The van der Waals surface area contributed by atoms with Gasteiger partial charge in [-0.1, -0.05) is 0 Å². The maximum Gasteiger partial charge on any atom is 0.339 e. The molecule has 0 bridgehead atoms. The van der Waals surface area contributed by atoms with Gasteiger partial charge in [-0.05, 0) is 60.5 Å². The second-order valence-electron chi connectivity index (χ2n) is 6.28. The van der Waals surface area contributed by atoms with Crippen LogP contribution in [0.15, 0.2) is 42.7 Å². The number of ether oxygens (including phenoxy) is 4. The van der Waals surface area contributed by atoms with E-state index in [1.807, 2.05) is 19.9 Å². The molecular weight excluding hydrogens is 386 g/mol. The molecule has 30 heavy (non-hydrogen) atoms. The van der Waals surface area contributed by atoms with Crippen LogP contribution in [0.5, 0.6) is 11.5 Å². The maximum atomic E-state index is 12.8. The van der Waals surface area contributed by atoms with E-state index in [0.29, 0.717) is 46.6 Å².